The number of amides is 1. The minimum atomic E-state index is -0.316. The van der Waals surface area contributed by atoms with E-state index in [2.05, 4.69) is 10.3 Å². The molecular formula is C15H17N3OS2. The Hall–Kier alpha value is -1.53. The van der Waals surface area contributed by atoms with E-state index in [0.29, 0.717) is 10.8 Å². The third kappa shape index (κ3) is 3.06. The van der Waals surface area contributed by atoms with Crippen molar-refractivity contribution >= 4 is 39.8 Å². The molecule has 2 aromatic rings. The predicted molar refractivity (Wildman–Crippen MR) is 90.7 cm³/mol. The van der Waals surface area contributed by atoms with Crippen molar-refractivity contribution in [1.82, 2.24) is 4.98 Å². The minimum absolute atomic E-state index is 0.0541. The molecule has 110 valence electrons. The van der Waals surface area contributed by atoms with Crippen molar-refractivity contribution in [2.24, 2.45) is 0 Å². The van der Waals surface area contributed by atoms with Gasteiger partial charge in [0.15, 0.2) is 5.13 Å². The molecule has 4 nitrogen and oxygen atoms in total. The van der Waals surface area contributed by atoms with E-state index in [1.807, 2.05) is 36.6 Å². The Bertz CT molecular complexity index is 662. The van der Waals surface area contributed by atoms with Crippen molar-refractivity contribution in [1.29, 1.82) is 0 Å². The first kappa shape index (κ1) is 14.4. The van der Waals surface area contributed by atoms with Crippen molar-refractivity contribution in [2.75, 3.05) is 16.8 Å². The van der Waals surface area contributed by atoms with Crippen LogP contribution in [0.25, 0.3) is 11.3 Å². The monoisotopic (exact) mass is 319 g/mol. The zero-order valence-corrected chi connectivity index (χ0v) is 13.4. The van der Waals surface area contributed by atoms with Gasteiger partial charge in [0, 0.05) is 16.6 Å². The van der Waals surface area contributed by atoms with Crippen molar-refractivity contribution < 1.29 is 4.79 Å². The van der Waals surface area contributed by atoms with Gasteiger partial charge in [-0.3, -0.25) is 4.79 Å². The Morgan fingerprint density at radius 3 is 3.05 bits per heavy atom. The molecule has 1 unspecified atom stereocenters. The van der Waals surface area contributed by atoms with E-state index in [0.717, 1.165) is 29.9 Å². The highest BCUT2D eigenvalue weighted by Gasteiger charge is 2.37. The van der Waals surface area contributed by atoms with Crippen LogP contribution in [0.2, 0.25) is 0 Å². The summed E-state index contributed by atoms with van der Waals surface area (Å²) in [6.45, 7) is 2.01. The number of thiazole rings is 1. The van der Waals surface area contributed by atoms with Gasteiger partial charge in [-0.2, -0.15) is 0 Å². The van der Waals surface area contributed by atoms with Crippen LogP contribution in [0.1, 0.15) is 19.8 Å². The van der Waals surface area contributed by atoms with E-state index in [-0.39, 0.29) is 10.7 Å². The number of aromatic nitrogens is 1. The summed E-state index contributed by atoms with van der Waals surface area (Å²) in [4.78, 5) is 16.8. The number of benzene rings is 1. The van der Waals surface area contributed by atoms with E-state index in [1.165, 1.54) is 11.3 Å². The van der Waals surface area contributed by atoms with Crippen molar-refractivity contribution in [3.8, 4) is 11.3 Å². The maximum Gasteiger partial charge on any atom is 0.242 e. The van der Waals surface area contributed by atoms with Gasteiger partial charge in [0.2, 0.25) is 5.91 Å². The summed E-state index contributed by atoms with van der Waals surface area (Å²) >= 11 is 3.17. The standard InChI is InChI=1S/C15H17N3OS2/c1-15(6-3-7-21-15)13(19)18-14-17-12(9-20-14)10-4-2-5-11(16)8-10/h2,4-5,8-9H,3,6-7,16H2,1H3,(H,17,18,19). The molecule has 0 aliphatic carbocycles. The van der Waals surface area contributed by atoms with Gasteiger partial charge in [0.1, 0.15) is 0 Å². The molecule has 1 aliphatic rings. The van der Waals surface area contributed by atoms with Crippen LogP contribution in [-0.2, 0) is 4.79 Å². The topological polar surface area (TPSA) is 68.0 Å². The number of hydrogen-bond acceptors (Lipinski definition) is 5. The predicted octanol–water partition coefficient (Wildman–Crippen LogP) is 3.62. The molecule has 3 rings (SSSR count). The second-order valence-corrected chi connectivity index (χ2v) is 7.76. The van der Waals surface area contributed by atoms with Crippen LogP contribution >= 0.6 is 23.1 Å². The van der Waals surface area contributed by atoms with Crippen molar-refractivity contribution in [3.63, 3.8) is 0 Å². The SMILES string of the molecule is CC1(C(=O)Nc2nc(-c3cccc(N)c3)cs2)CCCS1. The lowest BCUT2D eigenvalue weighted by molar-refractivity contribution is -0.118. The van der Waals surface area contributed by atoms with Gasteiger partial charge in [-0.1, -0.05) is 12.1 Å². The maximum absolute atomic E-state index is 12.4. The second kappa shape index (κ2) is 5.69. The summed E-state index contributed by atoms with van der Waals surface area (Å²) < 4.78 is -0.316. The molecule has 2 heterocycles. The fraction of sp³-hybridized carbons (Fsp3) is 0.333. The highest BCUT2D eigenvalue weighted by molar-refractivity contribution is 8.01. The smallest absolute Gasteiger partial charge is 0.242 e. The Labute approximate surface area is 132 Å². The molecule has 21 heavy (non-hydrogen) atoms. The summed E-state index contributed by atoms with van der Waals surface area (Å²) in [6.07, 6.45) is 2.03. The molecule has 1 atom stereocenters. The Morgan fingerprint density at radius 2 is 2.33 bits per heavy atom. The number of anilines is 2. The van der Waals surface area contributed by atoms with Gasteiger partial charge < -0.3 is 11.1 Å². The zero-order valence-electron chi connectivity index (χ0n) is 11.8. The number of nitrogen functional groups attached to an aromatic ring is 1. The minimum Gasteiger partial charge on any atom is -0.399 e. The zero-order chi connectivity index (χ0) is 14.9. The molecule has 1 saturated heterocycles. The van der Waals surface area contributed by atoms with Crippen LogP contribution in [0.5, 0.6) is 0 Å². The average Bonchev–Trinajstić information content (AvgIpc) is 3.09. The van der Waals surface area contributed by atoms with Crippen LogP contribution < -0.4 is 11.1 Å². The molecule has 0 saturated carbocycles. The summed E-state index contributed by atoms with van der Waals surface area (Å²) in [7, 11) is 0. The molecule has 1 amide bonds. The number of carbonyl (C=O) groups excluding carboxylic acids is 1. The van der Waals surface area contributed by atoms with Crippen LogP contribution in [0, 0.1) is 0 Å². The number of nitrogens with zero attached hydrogens (tertiary/aromatic N) is 1. The summed E-state index contributed by atoms with van der Waals surface area (Å²) in [5.74, 6) is 1.11. The number of carbonyl (C=O) groups is 1. The summed E-state index contributed by atoms with van der Waals surface area (Å²) in [5.41, 5.74) is 8.30. The first-order valence-electron chi connectivity index (χ1n) is 6.84. The number of hydrogen-bond donors (Lipinski definition) is 2. The van der Waals surface area contributed by atoms with E-state index in [1.54, 1.807) is 11.8 Å². The third-order valence-electron chi connectivity index (χ3n) is 3.61. The lowest BCUT2D eigenvalue weighted by atomic mass is 10.1. The van der Waals surface area contributed by atoms with Crippen LogP contribution in [-0.4, -0.2) is 21.4 Å². The number of rotatable bonds is 3. The number of nitrogens with two attached hydrogens (primary N) is 1. The van der Waals surface area contributed by atoms with Gasteiger partial charge in [-0.25, -0.2) is 4.98 Å². The fourth-order valence-corrected chi connectivity index (χ4v) is 4.27. The van der Waals surface area contributed by atoms with Gasteiger partial charge in [-0.05, 0) is 37.7 Å². The normalized spacial score (nSPS) is 21.4. The molecule has 0 spiro atoms. The van der Waals surface area contributed by atoms with Gasteiger partial charge >= 0.3 is 0 Å². The number of thioether (sulfide) groups is 1. The molecule has 0 bridgehead atoms. The van der Waals surface area contributed by atoms with Crippen molar-refractivity contribution in [3.05, 3.63) is 29.6 Å². The first-order chi connectivity index (χ1) is 10.1. The number of nitrogens with one attached hydrogen (secondary N) is 1. The van der Waals surface area contributed by atoms with Crippen LogP contribution in [0.15, 0.2) is 29.6 Å². The molecule has 1 fully saturated rings. The molecule has 3 N–H and O–H groups in total. The molecular weight excluding hydrogens is 302 g/mol. The van der Waals surface area contributed by atoms with Gasteiger partial charge in [0.05, 0.1) is 10.4 Å². The van der Waals surface area contributed by atoms with Crippen LogP contribution in [0.4, 0.5) is 10.8 Å². The second-order valence-electron chi connectivity index (χ2n) is 5.30. The lowest BCUT2D eigenvalue weighted by Gasteiger charge is -2.20. The van der Waals surface area contributed by atoms with E-state index in [9.17, 15) is 4.79 Å². The summed E-state index contributed by atoms with van der Waals surface area (Å²) in [5, 5.41) is 5.53. The molecule has 0 radical (unpaired) electrons. The first-order valence-corrected chi connectivity index (χ1v) is 8.70. The van der Waals surface area contributed by atoms with E-state index >= 15 is 0 Å². The molecule has 6 heteroatoms. The van der Waals surface area contributed by atoms with Crippen molar-refractivity contribution in [2.45, 2.75) is 24.5 Å². The quantitative estimate of drug-likeness (QED) is 0.848. The Balaban J connectivity index is 1.75. The highest BCUT2D eigenvalue weighted by Crippen LogP contribution is 2.39. The van der Waals surface area contributed by atoms with Gasteiger partial charge in [0.25, 0.3) is 0 Å². The maximum atomic E-state index is 12.4. The van der Waals surface area contributed by atoms with Crippen LogP contribution in [0.3, 0.4) is 0 Å². The largest absolute Gasteiger partial charge is 0.399 e. The Morgan fingerprint density at radius 1 is 1.48 bits per heavy atom. The van der Waals surface area contributed by atoms with Gasteiger partial charge in [-0.15, -0.1) is 23.1 Å². The fourth-order valence-electron chi connectivity index (χ4n) is 2.35. The van der Waals surface area contributed by atoms with E-state index in [4.69, 9.17) is 5.73 Å². The highest BCUT2D eigenvalue weighted by atomic mass is 32.2. The molecule has 1 aromatic carbocycles. The van der Waals surface area contributed by atoms with E-state index < -0.39 is 0 Å². The Kier molecular flexibility index (Phi) is 3.91. The average molecular weight is 319 g/mol. The lowest BCUT2D eigenvalue weighted by Crippen LogP contribution is -2.34. The molecule has 1 aromatic heterocycles. The third-order valence-corrected chi connectivity index (χ3v) is 5.88. The summed E-state index contributed by atoms with van der Waals surface area (Å²) in [6, 6.07) is 7.59. The molecule has 1 aliphatic heterocycles.